The number of rotatable bonds is 4. The molecule has 7 nitrogen and oxygen atoms in total. The van der Waals surface area contributed by atoms with Gasteiger partial charge in [0.1, 0.15) is 5.39 Å². The van der Waals surface area contributed by atoms with Crippen molar-refractivity contribution in [2.75, 3.05) is 6.54 Å². The van der Waals surface area contributed by atoms with E-state index in [4.69, 9.17) is 16.1 Å². The number of carbonyl (C=O) groups excluding carboxylic acids is 1. The number of halogens is 2. The van der Waals surface area contributed by atoms with Crippen LogP contribution in [-0.2, 0) is 0 Å². The van der Waals surface area contributed by atoms with Crippen LogP contribution in [0.3, 0.4) is 0 Å². The van der Waals surface area contributed by atoms with Gasteiger partial charge in [-0.25, -0.2) is 4.98 Å². The van der Waals surface area contributed by atoms with E-state index in [1.165, 1.54) is 12.3 Å². The standard InChI is InChI=1S/C24H22ClFN4O3/c1-13-20-22(33-29-13)21-17(25)6-3-7-18(21)30(24(20)32)16-5-2-4-14(10-16)11-28-23(31)15-8-9-19(26)27-12-15/h3,6-9,12,14,16H,2,4-5,10-11H2,1H3,(H,28,31). The third-order valence-electron chi connectivity index (χ3n) is 6.43. The normalized spacial score (nSPS) is 18.6. The van der Waals surface area contributed by atoms with E-state index in [1.807, 2.05) is 16.7 Å². The first kappa shape index (κ1) is 21.6. The lowest BCUT2D eigenvalue weighted by Gasteiger charge is -2.31. The average molecular weight is 469 g/mol. The maximum absolute atomic E-state index is 13.5. The average Bonchev–Trinajstić information content (AvgIpc) is 3.20. The van der Waals surface area contributed by atoms with Gasteiger partial charge in [0.2, 0.25) is 5.95 Å². The first-order valence-electron chi connectivity index (χ1n) is 10.9. The smallest absolute Gasteiger partial charge is 0.264 e. The Morgan fingerprint density at radius 2 is 2.12 bits per heavy atom. The van der Waals surface area contributed by atoms with Gasteiger partial charge >= 0.3 is 0 Å². The van der Waals surface area contributed by atoms with Crippen molar-refractivity contribution >= 4 is 39.4 Å². The van der Waals surface area contributed by atoms with Gasteiger partial charge in [-0.15, -0.1) is 0 Å². The number of carbonyl (C=O) groups is 1. The van der Waals surface area contributed by atoms with E-state index in [-0.39, 0.29) is 23.4 Å². The Balaban J connectivity index is 1.44. The van der Waals surface area contributed by atoms with Crippen molar-refractivity contribution in [1.82, 2.24) is 20.0 Å². The number of benzene rings is 1. The monoisotopic (exact) mass is 468 g/mol. The fourth-order valence-corrected chi connectivity index (χ4v) is 5.11. The molecule has 1 aromatic carbocycles. The summed E-state index contributed by atoms with van der Waals surface area (Å²) in [5.74, 6) is -0.721. The Kier molecular flexibility index (Phi) is 5.62. The van der Waals surface area contributed by atoms with Gasteiger partial charge in [0.25, 0.3) is 11.5 Å². The fraction of sp³-hybridized carbons (Fsp3) is 0.333. The van der Waals surface area contributed by atoms with Crippen LogP contribution in [0.15, 0.2) is 45.8 Å². The number of hydrogen-bond donors (Lipinski definition) is 1. The van der Waals surface area contributed by atoms with Gasteiger partial charge in [0.05, 0.1) is 27.2 Å². The van der Waals surface area contributed by atoms with Crippen molar-refractivity contribution < 1.29 is 13.7 Å². The largest absolute Gasteiger partial charge is 0.355 e. The number of amides is 1. The molecule has 33 heavy (non-hydrogen) atoms. The van der Waals surface area contributed by atoms with Gasteiger partial charge in [-0.2, -0.15) is 4.39 Å². The quantitative estimate of drug-likeness (QED) is 0.434. The van der Waals surface area contributed by atoms with Gasteiger partial charge < -0.3 is 14.4 Å². The van der Waals surface area contributed by atoms with Crippen LogP contribution >= 0.6 is 11.6 Å². The molecule has 0 spiro atoms. The SMILES string of the molecule is Cc1noc2c1c(=O)n(C1CCCC(CNC(=O)c3ccc(F)nc3)C1)c1cccc(Cl)c21. The van der Waals surface area contributed by atoms with E-state index in [2.05, 4.69) is 15.5 Å². The molecule has 3 heterocycles. The van der Waals surface area contributed by atoms with Crippen molar-refractivity contribution in [2.45, 2.75) is 38.6 Å². The lowest BCUT2D eigenvalue weighted by Crippen LogP contribution is -2.34. The molecule has 3 aromatic heterocycles. The van der Waals surface area contributed by atoms with Gasteiger partial charge in [0, 0.05) is 18.8 Å². The lowest BCUT2D eigenvalue weighted by molar-refractivity contribution is 0.0940. The molecule has 170 valence electrons. The van der Waals surface area contributed by atoms with Crippen LogP contribution in [0, 0.1) is 18.8 Å². The van der Waals surface area contributed by atoms with E-state index in [0.717, 1.165) is 37.3 Å². The molecule has 1 amide bonds. The number of nitrogens with one attached hydrogen (secondary N) is 1. The van der Waals surface area contributed by atoms with Gasteiger partial charge in [0.15, 0.2) is 5.58 Å². The highest BCUT2D eigenvalue weighted by molar-refractivity contribution is 6.37. The van der Waals surface area contributed by atoms with Crippen LogP contribution in [-0.4, -0.2) is 27.2 Å². The molecular formula is C24H22ClFN4O3. The molecule has 1 saturated carbocycles. The minimum atomic E-state index is -0.625. The first-order chi connectivity index (χ1) is 15.9. The molecule has 0 aliphatic heterocycles. The second-order valence-corrected chi connectivity index (χ2v) is 8.95. The van der Waals surface area contributed by atoms with Gasteiger partial charge in [-0.05, 0) is 56.4 Å². The number of aryl methyl sites for hydroxylation is 1. The summed E-state index contributed by atoms with van der Waals surface area (Å²) >= 11 is 6.51. The molecule has 1 aliphatic carbocycles. The maximum Gasteiger partial charge on any atom is 0.264 e. The second kappa shape index (κ2) is 8.59. The van der Waals surface area contributed by atoms with Crippen molar-refractivity contribution in [3.8, 4) is 0 Å². The fourth-order valence-electron chi connectivity index (χ4n) is 4.85. The number of nitrogens with zero attached hydrogens (tertiary/aromatic N) is 3. The molecule has 0 saturated heterocycles. The molecule has 1 fully saturated rings. The molecule has 9 heteroatoms. The van der Waals surface area contributed by atoms with Crippen molar-refractivity contribution in [2.24, 2.45) is 5.92 Å². The van der Waals surface area contributed by atoms with Crippen molar-refractivity contribution in [3.05, 3.63) is 69.1 Å². The molecule has 1 N–H and O–H groups in total. The molecular weight excluding hydrogens is 447 g/mol. The molecule has 5 rings (SSSR count). The Morgan fingerprint density at radius 3 is 2.91 bits per heavy atom. The summed E-state index contributed by atoms with van der Waals surface area (Å²) in [5.41, 5.74) is 1.86. The minimum absolute atomic E-state index is 0.0414. The summed E-state index contributed by atoms with van der Waals surface area (Å²) < 4.78 is 20.3. The third-order valence-corrected chi connectivity index (χ3v) is 6.75. The Labute approximate surface area is 193 Å². The van der Waals surface area contributed by atoms with Crippen LogP contribution < -0.4 is 10.9 Å². The summed E-state index contributed by atoms with van der Waals surface area (Å²) in [5, 5.41) is 8.58. The summed E-state index contributed by atoms with van der Waals surface area (Å²) in [6.07, 6.45) is 4.68. The maximum atomic E-state index is 13.5. The highest BCUT2D eigenvalue weighted by Gasteiger charge is 2.28. The Hall–Kier alpha value is -3.26. The zero-order valence-electron chi connectivity index (χ0n) is 18.0. The van der Waals surface area contributed by atoms with Crippen molar-refractivity contribution in [3.63, 3.8) is 0 Å². The minimum Gasteiger partial charge on any atom is -0.355 e. The zero-order valence-corrected chi connectivity index (χ0v) is 18.7. The van der Waals surface area contributed by atoms with E-state index in [9.17, 15) is 14.0 Å². The number of pyridine rings is 2. The molecule has 4 aromatic rings. The highest BCUT2D eigenvalue weighted by atomic mass is 35.5. The summed E-state index contributed by atoms with van der Waals surface area (Å²) in [6, 6.07) is 8.02. The van der Waals surface area contributed by atoms with E-state index < -0.39 is 5.95 Å². The molecule has 0 radical (unpaired) electrons. The number of fused-ring (bicyclic) bond motifs is 3. The molecule has 2 unspecified atom stereocenters. The predicted molar refractivity (Wildman–Crippen MR) is 123 cm³/mol. The topological polar surface area (TPSA) is 90.0 Å². The van der Waals surface area contributed by atoms with E-state index in [1.54, 1.807) is 13.0 Å². The first-order valence-corrected chi connectivity index (χ1v) is 11.3. The third kappa shape index (κ3) is 3.88. The van der Waals surface area contributed by atoms with Gasteiger partial charge in [-0.3, -0.25) is 9.59 Å². The van der Waals surface area contributed by atoms with Crippen LogP contribution in [0.25, 0.3) is 21.9 Å². The van der Waals surface area contributed by atoms with Crippen LogP contribution in [0.2, 0.25) is 5.02 Å². The number of aromatic nitrogens is 3. The molecule has 0 bridgehead atoms. The van der Waals surface area contributed by atoms with Crippen LogP contribution in [0.1, 0.15) is 47.8 Å². The summed E-state index contributed by atoms with van der Waals surface area (Å²) in [4.78, 5) is 29.5. The molecule has 1 aliphatic rings. The lowest BCUT2D eigenvalue weighted by atomic mass is 9.85. The summed E-state index contributed by atoms with van der Waals surface area (Å²) in [6.45, 7) is 2.22. The zero-order chi connectivity index (χ0) is 23.1. The Morgan fingerprint density at radius 1 is 1.27 bits per heavy atom. The molecule has 2 atom stereocenters. The Bertz CT molecular complexity index is 1410. The predicted octanol–water partition coefficient (Wildman–Crippen LogP) is 4.80. The summed E-state index contributed by atoms with van der Waals surface area (Å²) in [7, 11) is 0. The van der Waals surface area contributed by atoms with Crippen LogP contribution in [0.5, 0.6) is 0 Å². The van der Waals surface area contributed by atoms with Gasteiger partial charge in [-0.1, -0.05) is 29.2 Å². The van der Waals surface area contributed by atoms with E-state index >= 15 is 0 Å². The van der Waals surface area contributed by atoms with Crippen molar-refractivity contribution in [1.29, 1.82) is 0 Å². The number of hydrogen-bond acceptors (Lipinski definition) is 5. The van der Waals surface area contributed by atoms with Crippen LogP contribution in [0.4, 0.5) is 4.39 Å². The highest BCUT2D eigenvalue weighted by Crippen LogP contribution is 2.37. The second-order valence-electron chi connectivity index (χ2n) is 8.55. The van der Waals surface area contributed by atoms with E-state index in [0.29, 0.717) is 39.2 Å².